The van der Waals surface area contributed by atoms with E-state index in [4.69, 9.17) is 23.7 Å². The molecule has 0 saturated carbocycles. The van der Waals surface area contributed by atoms with Crippen LogP contribution in [0.4, 0.5) is 5.69 Å². The van der Waals surface area contributed by atoms with Crippen LogP contribution in [0.2, 0.25) is 0 Å². The molecule has 2 aromatic carbocycles. The fraction of sp³-hybridized carbons (Fsp3) is 0.250. The van der Waals surface area contributed by atoms with Crippen molar-refractivity contribution in [2.75, 3.05) is 35.0 Å². The number of nitrogens with zero attached hydrogens (tertiary/aromatic N) is 1. The van der Waals surface area contributed by atoms with Gasteiger partial charge in [-0.1, -0.05) is 11.8 Å². The first-order valence-corrected chi connectivity index (χ1v) is 10.9. The lowest BCUT2D eigenvalue weighted by atomic mass is 10.1. The molecule has 0 fully saturated rings. The Kier molecular flexibility index (Phi) is 7.95. The van der Waals surface area contributed by atoms with Crippen molar-refractivity contribution in [3.05, 3.63) is 52.1 Å². The highest BCUT2D eigenvalue weighted by Gasteiger charge is 2.34. The molecule has 1 heterocycles. The highest BCUT2D eigenvalue weighted by Crippen LogP contribution is 2.44. The first-order chi connectivity index (χ1) is 16.4. The molecule has 0 saturated heterocycles. The van der Waals surface area contributed by atoms with Crippen LogP contribution in [-0.2, 0) is 9.53 Å². The average molecular weight is 488 g/mol. The number of phenolic OH excluding ortho intramolecular Hbond substituents is 1. The number of aliphatic hydroxyl groups is 1. The van der Waals surface area contributed by atoms with E-state index >= 15 is 0 Å². The van der Waals surface area contributed by atoms with E-state index < -0.39 is 5.97 Å². The number of methoxy groups -OCH3 is 4. The minimum atomic E-state index is -0.729. The van der Waals surface area contributed by atoms with Crippen molar-refractivity contribution in [1.29, 1.82) is 0 Å². The second kappa shape index (κ2) is 10.9. The molecule has 34 heavy (non-hydrogen) atoms. The summed E-state index contributed by atoms with van der Waals surface area (Å²) in [6.45, 7) is 1.78. The molecule has 2 N–H and O–H groups in total. The molecule has 180 valence electrons. The third-order valence-electron chi connectivity index (χ3n) is 4.80. The maximum atomic E-state index is 12.7. The molecule has 0 radical (unpaired) electrons. The van der Waals surface area contributed by atoms with Gasteiger partial charge in [0.05, 0.1) is 45.5 Å². The van der Waals surface area contributed by atoms with Gasteiger partial charge >= 0.3 is 5.97 Å². The molecular formula is C24H25NO8S. The van der Waals surface area contributed by atoms with E-state index in [0.717, 1.165) is 11.8 Å². The number of esters is 1. The van der Waals surface area contributed by atoms with Gasteiger partial charge in [-0.25, -0.2) is 9.79 Å². The minimum absolute atomic E-state index is 0.0945. The molecular weight excluding hydrogens is 462 g/mol. The van der Waals surface area contributed by atoms with Gasteiger partial charge in [-0.3, -0.25) is 0 Å². The van der Waals surface area contributed by atoms with E-state index in [1.54, 1.807) is 31.2 Å². The zero-order valence-electron chi connectivity index (χ0n) is 19.4. The Labute approximate surface area is 201 Å². The van der Waals surface area contributed by atoms with Crippen LogP contribution in [0, 0.1) is 0 Å². The lowest BCUT2D eigenvalue weighted by Crippen LogP contribution is -2.12. The van der Waals surface area contributed by atoms with Gasteiger partial charge in [0, 0.05) is 18.2 Å². The Morgan fingerprint density at radius 1 is 0.971 bits per heavy atom. The lowest BCUT2D eigenvalue weighted by Gasteiger charge is -2.10. The maximum absolute atomic E-state index is 12.7. The number of hydrogen-bond donors (Lipinski definition) is 2. The summed E-state index contributed by atoms with van der Waals surface area (Å²) in [5.41, 5.74) is 0.623. The maximum Gasteiger partial charge on any atom is 0.344 e. The molecule has 0 unspecified atom stereocenters. The molecule has 0 aromatic heterocycles. The summed E-state index contributed by atoms with van der Waals surface area (Å²) in [6.07, 6.45) is 1.50. The van der Waals surface area contributed by atoms with Crippen LogP contribution in [0.15, 0.2) is 51.6 Å². The normalized spacial score (nSPS) is 15.6. The lowest BCUT2D eigenvalue weighted by molar-refractivity contribution is -0.138. The number of benzene rings is 2. The van der Waals surface area contributed by atoms with Gasteiger partial charge in [0.1, 0.15) is 50.8 Å². The zero-order chi connectivity index (χ0) is 24.8. The monoisotopic (exact) mass is 487 g/mol. The average Bonchev–Trinajstić information content (AvgIpc) is 3.14. The number of carbonyl (C=O) groups is 1. The van der Waals surface area contributed by atoms with Crippen molar-refractivity contribution >= 4 is 34.5 Å². The number of phenols is 1. The first kappa shape index (κ1) is 24.8. The standard InChI is InChI=1S/C24H25NO8S/c1-6-33-24(28)21-22(27)20(12-15-17(26)9-14(30-3)11-18(15)31-4)34-23(21)25-16-8-7-13(29-2)10-19(16)32-5/h7-12,26-27H,6H2,1-5H3/b20-12+,25-23?. The predicted molar refractivity (Wildman–Crippen MR) is 130 cm³/mol. The van der Waals surface area contributed by atoms with Crippen molar-refractivity contribution in [1.82, 2.24) is 0 Å². The van der Waals surface area contributed by atoms with Gasteiger partial charge < -0.3 is 33.9 Å². The van der Waals surface area contributed by atoms with Crippen LogP contribution >= 0.6 is 11.8 Å². The van der Waals surface area contributed by atoms with Crippen molar-refractivity contribution in [2.24, 2.45) is 4.99 Å². The van der Waals surface area contributed by atoms with Crippen molar-refractivity contribution in [2.45, 2.75) is 6.92 Å². The van der Waals surface area contributed by atoms with Crippen molar-refractivity contribution in [3.63, 3.8) is 0 Å². The summed E-state index contributed by atoms with van der Waals surface area (Å²) in [5.74, 6) is 0.527. The van der Waals surface area contributed by atoms with Gasteiger partial charge in [0.25, 0.3) is 0 Å². The summed E-state index contributed by atoms with van der Waals surface area (Å²) >= 11 is 1.04. The molecule has 0 amide bonds. The van der Waals surface area contributed by atoms with Crippen LogP contribution in [0.25, 0.3) is 6.08 Å². The Bertz CT molecular complexity index is 1190. The molecule has 0 bridgehead atoms. The third kappa shape index (κ3) is 5.07. The predicted octanol–water partition coefficient (Wildman–Crippen LogP) is 4.62. The van der Waals surface area contributed by atoms with Gasteiger partial charge in [-0.15, -0.1) is 0 Å². The van der Waals surface area contributed by atoms with Crippen molar-refractivity contribution < 1.29 is 38.7 Å². The number of aromatic hydroxyl groups is 1. The Morgan fingerprint density at radius 2 is 1.65 bits per heavy atom. The van der Waals surface area contributed by atoms with Gasteiger partial charge in [0.2, 0.25) is 0 Å². The topological polar surface area (TPSA) is 116 Å². The molecule has 10 heteroatoms. The van der Waals surface area contributed by atoms with E-state index in [1.165, 1.54) is 40.6 Å². The zero-order valence-corrected chi connectivity index (χ0v) is 20.2. The summed E-state index contributed by atoms with van der Waals surface area (Å²) in [7, 11) is 5.94. The summed E-state index contributed by atoms with van der Waals surface area (Å²) in [4.78, 5) is 17.5. The second-order valence-electron chi connectivity index (χ2n) is 6.77. The van der Waals surface area contributed by atoms with E-state index in [-0.39, 0.29) is 33.6 Å². The molecule has 0 spiro atoms. The largest absolute Gasteiger partial charge is 0.507 e. The van der Waals surface area contributed by atoms with Crippen LogP contribution in [-0.4, -0.2) is 56.3 Å². The number of aliphatic imine (C=N–C) groups is 1. The summed E-state index contributed by atoms with van der Waals surface area (Å²) in [6, 6.07) is 8.04. The quantitative estimate of drug-likeness (QED) is 0.515. The minimum Gasteiger partial charge on any atom is -0.507 e. The van der Waals surface area contributed by atoms with Crippen LogP contribution in [0.5, 0.6) is 28.7 Å². The molecule has 9 nitrogen and oxygen atoms in total. The molecule has 0 aliphatic carbocycles. The van der Waals surface area contributed by atoms with Crippen LogP contribution in [0.1, 0.15) is 12.5 Å². The van der Waals surface area contributed by atoms with E-state index in [1.807, 2.05) is 0 Å². The molecule has 1 aliphatic heterocycles. The van der Waals surface area contributed by atoms with Gasteiger partial charge in [-0.2, -0.15) is 0 Å². The summed E-state index contributed by atoms with van der Waals surface area (Å²) in [5, 5.41) is 21.6. The third-order valence-corrected chi connectivity index (χ3v) is 5.82. The first-order valence-electron chi connectivity index (χ1n) is 10.1. The van der Waals surface area contributed by atoms with Gasteiger partial charge in [-0.05, 0) is 25.1 Å². The smallest absolute Gasteiger partial charge is 0.344 e. The second-order valence-corrected chi connectivity index (χ2v) is 7.80. The van der Waals surface area contributed by atoms with Gasteiger partial charge in [0.15, 0.2) is 0 Å². The van der Waals surface area contributed by atoms with E-state index in [9.17, 15) is 15.0 Å². The number of thioether (sulfide) groups is 1. The van der Waals surface area contributed by atoms with Crippen LogP contribution < -0.4 is 18.9 Å². The number of ether oxygens (including phenoxy) is 5. The Balaban J connectivity index is 2.14. The Hall–Kier alpha value is -3.79. The number of hydrogen-bond acceptors (Lipinski definition) is 10. The molecule has 3 rings (SSSR count). The highest BCUT2D eigenvalue weighted by molar-refractivity contribution is 8.18. The number of aliphatic hydroxyl groups excluding tert-OH is 1. The van der Waals surface area contributed by atoms with Crippen molar-refractivity contribution in [3.8, 4) is 28.7 Å². The Morgan fingerprint density at radius 3 is 2.26 bits per heavy atom. The van der Waals surface area contributed by atoms with E-state index in [0.29, 0.717) is 34.2 Å². The number of rotatable bonds is 8. The highest BCUT2D eigenvalue weighted by atomic mass is 32.2. The molecule has 1 aliphatic rings. The van der Waals surface area contributed by atoms with Crippen LogP contribution in [0.3, 0.4) is 0 Å². The molecule has 2 aromatic rings. The fourth-order valence-corrected chi connectivity index (χ4v) is 4.14. The summed E-state index contributed by atoms with van der Waals surface area (Å²) < 4.78 is 26.3. The molecule has 0 atom stereocenters. The fourth-order valence-electron chi connectivity index (χ4n) is 3.13. The van der Waals surface area contributed by atoms with E-state index in [2.05, 4.69) is 4.99 Å². The SMILES string of the molecule is CCOC(=O)C1=C(O)/C(=C\c2c(O)cc(OC)cc2OC)SC1=Nc1ccc(OC)cc1OC. The number of carbonyl (C=O) groups excluding carboxylic acids is 1.